The fraction of sp³-hybridized carbons (Fsp3) is 0.357. The van der Waals surface area contributed by atoms with Gasteiger partial charge in [-0.1, -0.05) is 5.16 Å². The molecule has 20 heavy (non-hydrogen) atoms. The van der Waals surface area contributed by atoms with E-state index in [4.69, 9.17) is 9.26 Å². The first-order chi connectivity index (χ1) is 9.70. The number of aromatic nitrogens is 1. The van der Waals surface area contributed by atoms with Crippen molar-refractivity contribution < 1.29 is 18.0 Å². The maximum Gasteiger partial charge on any atom is 0.174 e. The molecule has 1 fully saturated rings. The first kappa shape index (κ1) is 13.1. The molecule has 0 bridgehead atoms. The average molecular weight is 280 g/mol. The molecular weight excluding hydrogens is 266 g/mol. The Morgan fingerprint density at radius 3 is 2.90 bits per heavy atom. The molecule has 0 unspecified atom stereocenters. The Labute approximate surface area is 114 Å². The minimum atomic E-state index is -0.736. The Bertz CT molecular complexity index is 597. The number of hydrogen-bond donors (Lipinski definition) is 1. The molecule has 3 rings (SSSR count). The van der Waals surface area contributed by atoms with Crippen LogP contribution in [0, 0.1) is 11.6 Å². The molecule has 1 aromatic heterocycles. The normalized spacial score (nSPS) is 14.5. The van der Waals surface area contributed by atoms with Crippen molar-refractivity contribution in [2.75, 3.05) is 0 Å². The van der Waals surface area contributed by atoms with Crippen molar-refractivity contribution in [3.05, 3.63) is 47.4 Å². The average Bonchev–Trinajstić information content (AvgIpc) is 3.14. The van der Waals surface area contributed by atoms with Gasteiger partial charge in [0.25, 0.3) is 0 Å². The van der Waals surface area contributed by atoms with E-state index < -0.39 is 11.6 Å². The van der Waals surface area contributed by atoms with Crippen LogP contribution < -0.4 is 10.1 Å². The fourth-order valence-corrected chi connectivity index (χ4v) is 1.78. The van der Waals surface area contributed by atoms with E-state index in [1.165, 1.54) is 18.9 Å². The topological polar surface area (TPSA) is 47.3 Å². The van der Waals surface area contributed by atoms with Crippen LogP contribution in [0.1, 0.15) is 24.3 Å². The van der Waals surface area contributed by atoms with Crippen molar-refractivity contribution in [1.82, 2.24) is 10.5 Å². The summed E-state index contributed by atoms with van der Waals surface area (Å²) in [7, 11) is 0. The van der Waals surface area contributed by atoms with E-state index in [9.17, 15) is 8.78 Å². The summed E-state index contributed by atoms with van der Waals surface area (Å²) in [5.74, 6) is -0.884. The van der Waals surface area contributed by atoms with E-state index >= 15 is 0 Å². The fourth-order valence-electron chi connectivity index (χ4n) is 1.78. The molecule has 0 amide bonds. The van der Waals surface area contributed by atoms with E-state index in [1.807, 2.05) is 0 Å². The number of nitrogens with zero attached hydrogens (tertiary/aromatic N) is 1. The molecule has 1 N–H and O–H groups in total. The highest BCUT2D eigenvalue weighted by molar-refractivity contribution is 5.24. The number of halogens is 2. The van der Waals surface area contributed by atoms with Gasteiger partial charge in [-0.25, -0.2) is 8.78 Å². The number of benzene rings is 1. The number of rotatable bonds is 6. The molecule has 6 heteroatoms. The summed E-state index contributed by atoms with van der Waals surface area (Å²) in [4.78, 5) is 0. The van der Waals surface area contributed by atoms with Crippen molar-refractivity contribution in [2.24, 2.45) is 0 Å². The molecule has 1 aromatic carbocycles. The smallest absolute Gasteiger partial charge is 0.174 e. The lowest BCUT2D eigenvalue weighted by Gasteiger charge is -2.04. The van der Waals surface area contributed by atoms with Gasteiger partial charge in [0.1, 0.15) is 12.4 Å². The van der Waals surface area contributed by atoms with Crippen LogP contribution in [-0.4, -0.2) is 11.2 Å². The zero-order chi connectivity index (χ0) is 13.9. The molecule has 4 nitrogen and oxygen atoms in total. The second kappa shape index (κ2) is 5.58. The highest BCUT2D eigenvalue weighted by Gasteiger charge is 2.20. The van der Waals surface area contributed by atoms with Gasteiger partial charge in [0.2, 0.25) is 0 Å². The van der Waals surface area contributed by atoms with Crippen LogP contribution in [0.4, 0.5) is 8.78 Å². The molecular formula is C14H14F2N2O2. The number of nitrogens with one attached hydrogen (secondary N) is 1. The van der Waals surface area contributed by atoms with Gasteiger partial charge in [0.15, 0.2) is 17.3 Å². The summed E-state index contributed by atoms with van der Waals surface area (Å²) in [6.45, 7) is 0.706. The van der Waals surface area contributed by atoms with Crippen LogP contribution in [0.2, 0.25) is 0 Å². The third kappa shape index (κ3) is 3.33. The summed E-state index contributed by atoms with van der Waals surface area (Å²) in [5, 5.41) is 7.20. The van der Waals surface area contributed by atoms with Crippen LogP contribution in [0.25, 0.3) is 0 Å². The van der Waals surface area contributed by atoms with E-state index in [0.29, 0.717) is 18.3 Å². The van der Waals surface area contributed by atoms with Crippen LogP contribution >= 0.6 is 0 Å². The van der Waals surface area contributed by atoms with Crippen molar-refractivity contribution in [1.29, 1.82) is 0 Å². The molecule has 1 saturated carbocycles. The van der Waals surface area contributed by atoms with Gasteiger partial charge in [0.05, 0.1) is 5.69 Å². The SMILES string of the molecule is Fc1ccc(OCc2cc(CNC3CC3)no2)c(F)c1. The highest BCUT2D eigenvalue weighted by atomic mass is 19.1. The first-order valence-corrected chi connectivity index (χ1v) is 6.46. The number of ether oxygens (including phenoxy) is 1. The maximum atomic E-state index is 13.4. The lowest BCUT2D eigenvalue weighted by molar-refractivity contribution is 0.239. The quantitative estimate of drug-likeness (QED) is 0.884. The highest BCUT2D eigenvalue weighted by Crippen LogP contribution is 2.20. The Morgan fingerprint density at radius 1 is 1.30 bits per heavy atom. The molecule has 1 heterocycles. The van der Waals surface area contributed by atoms with Gasteiger partial charge in [-0.3, -0.25) is 0 Å². The molecule has 0 radical (unpaired) electrons. The van der Waals surface area contributed by atoms with E-state index in [0.717, 1.165) is 17.8 Å². The Hall–Kier alpha value is -1.95. The minimum absolute atomic E-state index is 0.0135. The van der Waals surface area contributed by atoms with E-state index in [1.54, 1.807) is 6.07 Å². The summed E-state index contributed by atoms with van der Waals surface area (Å²) in [6, 6.07) is 5.53. The Kier molecular flexibility index (Phi) is 3.64. The summed E-state index contributed by atoms with van der Waals surface area (Å²) < 4.78 is 36.4. The van der Waals surface area contributed by atoms with Crippen molar-refractivity contribution in [3.8, 4) is 5.75 Å². The van der Waals surface area contributed by atoms with Crippen molar-refractivity contribution >= 4 is 0 Å². The van der Waals surface area contributed by atoms with Crippen LogP contribution in [-0.2, 0) is 13.2 Å². The second-order valence-corrected chi connectivity index (χ2v) is 4.80. The third-order valence-corrected chi connectivity index (χ3v) is 3.02. The molecule has 1 aliphatic carbocycles. The minimum Gasteiger partial charge on any atom is -0.482 e. The van der Waals surface area contributed by atoms with Crippen LogP contribution in [0.5, 0.6) is 5.75 Å². The predicted molar refractivity (Wildman–Crippen MR) is 67.1 cm³/mol. The monoisotopic (exact) mass is 280 g/mol. The molecule has 0 atom stereocenters. The lowest BCUT2D eigenvalue weighted by Crippen LogP contribution is -2.15. The van der Waals surface area contributed by atoms with Crippen molar-refractivity contribution in [3.63, 3.8) is 0 Å². The Morgan fingerprint density at radius 2 is 2.15 bits per heavy atom. The maximum absolute atomic E-state index is 13.4. The summed E-state index contributed by atoms with van der Waals surface area (Å²) >= 11 is 0. The lowest BCUT2D eigenvalue weighted by atomic mass is 10.3. The van der Waals surface area contributed by atoms with Gasteiger partial charge in [0, 0.05) is 24.7 Å². The van der Waals surface area contributed by atoms with Gasteiger partial charge in [-0.05, 0) is 25.0 Å². The zero-order valence-corrected chi connectivity index (χ0v) is 10.7. The largest absolute Gasteiger partial charge is 0.482 e. The molecule has 0 spiro atoms. The summed E-state index contributed by atoms with van der Waals surface area (Å²) in [6.07, 6.45) is 2.41. The van der Waals surface area contributed by atoms with E-state index in [2.05, 4.69) is 10.5 Å². The van der Waals surface area contributed by atoms with Crippen LogP contribution in [0.15, 0.2) is 28.8 Å². The molecule has 106 valence electrons. The molecule has 0 aliphatic heterocycles. The zero-order valence-electron chi connectivity index (χ0n) is 10.7. The van der Waals surface area contributed by atoms with Gasteiger partial charge in [-0.15, -0.1) is 0 Å². The Balaban J connectivity index is 1.54. The standard InChI is InChI=1S/C14H14F2N2O2/c15-9-1-4-14(13(16)5-9)19-8-12-6-11(18-20-12)7-17-10-2-3-10/h1,4-6,10,17H,2-3,7-8H2. The molecule has 2 aromatic rings. The van der Waals surface area contributed by atoms with Gasteiger partial charge in [-0.2, -0.15) is 0 Å². The molecule has 0 saturated heterocycles. The van der Waals surface area contributed by atoms with Crippen molar-refractivity contribution in [2.45, 2.75) is 32.0 Å². The van der Waals surface area contributed by atoms with Crippen LogP contribution in [0.3, 0.4) is 0 Å². The molecule has 1 aliphatic rings. The van der Waals surface area contributed by atoms with E-state index in [-0.39, 0.29) is 12.4 Å². The van der Waals surface area contributed by atoms with Gasteiger partial charge < -0.3 is 14.6 Å². The third-order valence-electron chi connectivity index (χ3n) is 3.02. The number of hydrogen-bond acceptors (Lipinski definition) is 4. The second-order valence-electron chi connectivity index (χ2n) is 4.80. The predicted octanol–water partition coefficient (Wildman–Crippen LogP) is 2.78. The summed E-state index contributed by atoms with van der Waals surface area (Å²) in [5.41, 5.74) is 0.787. The van der Waals surface area contributed by atoms with Gasteiger partial charge >= 0.3 is 0 Å². The first-order valence-electron chi connectivity index (χ1n) is 6.46.